The minimum Gasteiger partial charge on any atom is -0.396 e. The molecular formula is C14H23NOS. The average Bonchev–Trinajstić information content (AvgIpc) is 2.82. The fourth-order valence-corrected chi connectivity index (χ4v) is 3.51. The fourth-order valence-electron chi connectivity index (χ4n) is 2.83. The number of thiophene rings is 1. The normalized spacial score (nSPS) is 26.9. The topological polar surface area (TPSA) is 32.3 Å². The van der Waals surface area contributed by atoms with Crippen LogP contribution in [0.25, 0.3) is 0 Å². The quantitative estimate of drug-likeness (QED) is 0.846. The van der Waals surface area contributed by atoms with E-state index in [4.69, 9.17) is 0 Å². The molecule has 3 atom stereocenters. The van der Waals surface area contributed by atoms with Gasteiger partial charge >= 0.3 is 0 Å². The first kappa shape index (κ1) is 13.1. The Morgan fingerprint density at radius 1 is 1.47 bits per heavy atom. The summed E-state index contributed by atoms with van der Waals surface area (Å²) in [6.45, 7) is 2.59. The van der Waals surface area contributed by atoms with E-state index in [2.05, 4.69) is 29.1 Å². The van der Waals surface area contributed by atoms with Gasteiger partial charge in [-0.1, -0.05) is 12.8 Å². The number of hydrogen-bond acceptors (Lipinski definition) is 3. The summed E-state index contributed by atoms with van der Waals surface area (Å²) >= 11 is 1.76. The van der Waals surface area contributed by atoms with Gasteiger partial charge in [-0.15, -0.1) is 0 Å². The standard InChI is InChI=1S/C14H23NOS/c1-11(8-12-6-7-17-10-12)15-14-5-3-2-4-13(14)9-16/h6-7,10-11,13-16H,2-5,8-9H2,1H3/t11-,13-,14-/m1/s1. The molecule has 2 N–H and O–H groups in total. The van der Waals surface area contributed by atoms with Gasteiger partial charge < -0.3 is 10.4 Å². The van der Waals surface area contributed by atoms with Crippen LogP contribution in [-0.4, -0.2) is 23.8 Å². The Hall–Kier alpha value is -0.380. The van der Waals surface area contributed by atoms with Crippen molar-refractivity contribution in [2.45, 2.75) is 51.1 Å². The number of aliphatic hydroxyl groups excluding tert-OH is 1. The summed E-state index contributed by atoms with van der Waals surface area (Å²) in [6, 6.07) is 3.22. The Balaban J connectivity index is 1.82. The molecule has 1 aliphatic rings. The van der Waals surface area contributed by atoms with Crippen molar-refractivity contribution in [3.8, 4) is 0 Å². The molecule has 2 nitrogen and oxygen atoms in total. The van der Waals surface area contributed by atoms with Crippen molar-refractivity contribution in [3.63, 3.8) is 0 Å². The summed E-state index contributed by atoms with van der Waals surface area (Å²) in [4.78, 5) is 0. The van der Waals surface area contributed by atoms with Crippen LogP contribution in [0.2, 0.25) is 0 Å². The van der Waals surface area contributed by atoms with E-state index >= 15 is 0 Å². The van der Waals surface area contributed by atoms with Crippen molar-refractivity contribution in [2.24, 2.45) is 5.92 Å². The van der Waals surface area contributed by atoms with E-state index in [9.17, 15) is 5.11 Å². The highest BCUT2D eigenvalue weighted by molar-refractivity contribution is 7.07. The molecule has 0 aliphatic heterocycles. The van der Waals surface area contributed by atoms with Gasteiger partial charge in [0.25, 0.3) is 0 Å². The van der Waals surface area contributed by atoms with Gasteiger partial charge in [0.15, 0.2) is 0 Å². The molecule has 0 aromatic carbocycles. The van der Waals surface area contributed by atoms with Gasteiger partial charge in [0.05, 0.1) is 0 Å². The number of aliphatic hydroxyl groups is 1. The maximum atomic E-state index is 9.39. The van der Waals surface area contributed by atoms with Crippen LogP contribution < -0.4 is 5.32 Å². The lowest BCUT2D eigenvalue weighted by Crippen LogP contribution is -2.45. The van der Waals surface area contributed by atoms with Crippen molar-refractivity contribution < 1.29 is 5.11 Å². The highest BCUT2D eigenvalue weighted by atomic mass is 32.1. The smallest absolute Gasteiger partial charge is 0.0474 e. The lowest BCUT2D eigenvalue weighted by molar-refractivity contribution is 0.147. The fraction of sp³-hybridized carbons (Fsp3) is 0.714. The number of hydrogen-bond donors (Lipinski definition) is 2. The number of rotatable bonds is 5. The predicted octanol–water partition coefficient (Wildman–Crippen LogP) is 2.82. The van der Waals surface area contributed by atoms with E-state index in [-0.39, 0.29) is 0 Å². The molecular weight excluding hydrogens is 230 g/mol. The molecule has 1 aromatic rings. The molecule has 96 valence electrons. The molecule has 0 spiro atoms. The van der Waals surface area contributed by atoms with Crippen LogP contribution in [-0.2, 0) is 6.42 Å². The first-order valence-electron chi connectivity index (χ1n) is 6.67. The summed E-state index contributed by atoms with van der Waals surface area (Å²) in [5.41, 5.74) is 1.42. The third kappa shape index (κ3) is 3.80. The molecule has 0 bridgehead atoms. The second-order valence-electron chi connectivity index (χ2n) is 5.24. The van der Waals surface area contributed by atoms with Gasteiger partial charge in [-0.05, 0) is 54.5 Å². The third-order valence-corrected chi connectivity index (χ3v) is 4.50. The Morgan fingerprint density at radius 3 is 3.00 bits per heavy atom. The molecule has 17 heavy (non-hydrogen) atoms. The second-order valence-corrected chi connectivity index (χ2v) is 6.02. The van der Waals surface area contributed by atoms with Gasteiger partial charge in [0, 0.05) is 18.7 Å². The van der Waals surface area contributed by atoms with Crippen LogP contribution in [0.4, 0.5) is 0 Å². The summed E-state index contributed by atoms with van der Waals surface area (Å²) in [5, 5.41) is 17.5. The van der Waals surface area contributed by atoms with Crippen molar-refractivity contribution in [1.29, 1.82) is 0 Å². The van der Waals surface area contributed by atoms with Crippen LogP contribution in [0.1, 0.15) is 38.2 Å². The van der Waals surface area contributed by atoms with Crippen LogP contribution in [0.3, 0.4) is 0 Å². The Labute approximate surface area is 108 Å². The van der Waals surface area contributed by atoms with E-state index in [0.717, 1.165) is 6.42 Å². The van der Waals surface area contributed by atoms with Crippen molar-refractivity contribution in [3.05, 3.63) is 22.4 Å². The average molecular weight is 253 g/mol. The lowest BCUT2D eigenvalue weighted by Gasteiger charge is -2.33. The molecule has 0 radical (unpaired) electrons. The zero-order valence-corrected chi connectivity index (χ0v) is 11.4. The Bertz CT molecular complexity index is 312. The van der Waals surface area contributed by atoms with Gasteiger partial charge in [-0.3, -0.25) is 0 Å². The number of nitrogens with one attached hydrogen (secondary N) is 1. The van der Waals surface area contributed by atoms with Crippen molar-refractivity contribution in [1.82, 2.24) is 5.32 Å². The second kappa shape index (κ2) is 6.53. The predicted molar refractivity (Wildman–Crippen MR) is 73.5 cm³/mol. The zero-order chi connectivity index (χ0) is 12.1. The van der Waals surface area contributed by atoms with Gasteiger partial charge in [0.2, 0.25) is 0 Å². The summed E-state index contributed by atoms with van der Waals surface area (Å²) < 4.78 is 0. The minimum absolute atomic E-state index is 0.336. The van der Waals surface area contributed by atoms with Gasteiger partial charge in [0.1, 0.15) is 0 Å². The van der Waals surface area contributed by atoms with Crippen molar-refractivity contribution >= 4 is 11.3 Å². The van der Waals surface area contributed by atoms with Crippen molar-refractivity contribution in [2.75, 3.05) is 6.61 Å². The summed E-state index contributed by atoms with van der Waals surface area (Å²) in [6.07, 6.45) is 6.08. The van der Waals surface area contributed by atoms with E-state index in [1.165, 1.54) is 31.2 Å². The maximum absolute atomic E-state index is 9.39. The SMILES string of the molecule is C[C@H](Cc1ccsc1)N[C@@H]1CCCC[C@@H]1CO. The largest absolute Gasteiger partial charge is 0.396 e. The molecule has 1 saturated carbocycles. The monoisotopic (exact) mass is 253 g/mol. The molecule has 1 aliphatic carbocycles. The molecule has 1 heterocycles. The third-order valence-electron chi connectivity index (χ3n) is 3.76. The molecule has 0 amide bonds. The maximum Gasteiger partial charge on any atom is 0.0474 e. The molecule has 2 rings (SSSR count). The van der Waals surface area contributed by atoms with Gasteiger partial charge in [-0.25, -0.2) is 0 Å². The summed E-state index contributed by atoms with van der Waals surface area (Å²) in [5.74, 6) is 0.466. The van der Waals surface area contributed by atoms with Gasteiger partial charge in [-0.2, -0.15) is 11.3 Å². The lowest BCUT2D eigenvalue weighted by atomic mass is 9.84. The first-order chi connectivity index (χ1) is 8.29. The molecule has 1 aromatic heterocycles. The van der Waals surface area contributed by atoms with Crippen LogP contribution in [0.15, 0.2) is 16.8 Å². The molecule has 1 fully saturated rings. The molecule has 0 unspecified atom stereocenters. The Morgan fingerprint density at radius 2 is 2.29 bits per heavy atom. The minimum atomic E-state index is 0.336. The van der Waals surface area contributed by atoms with Crippen LogP contribution >= 0.6 is 11.3 Å². The Kier molecular flexibility index (Phi) is 5.01. The highest BCUT2D eigenvalue weighted by Gasteiger charge is 2.25. The molecule has 3 heteroatoms. The first-order valence-corrected chi connectivity index (χ1v) is 7.62. The van der Waals surface area contributed by atoms with E-state index in [1.807, 2.05) is 0 Å². The summed E-state index contributed by atoms with van der Waals surface area (Å²) in [7, 11) is 0. The van der Waals surface area contributed by atoms with E-state index in [0.29, 0.717) is 24.6 Å². The highest BCUT2D eigenvalue weighted by Crippen LogP contribution is 2.24. The van der Waals surface area contributed by atoms with E-state index < -0.39 is 0 Å². The van der Waals surface area contributed by atoms with Crippen LogP contribution in [0, 0.1) is 5.92 Å². The van der Waals surface area contributed by atoms with Crippen LogP contribution in [0.5, 0.6) is 0 Å². The molecule has 0 saturated heterocycles. The van der Waals surface area contributed by atoms with E-state index in [1.54, 1.807) is 11.3 Å². The zero-order valence-electron chi connectivity index (χ0n) is 10.6.